The lowest BCUT2D eigenvalue weighted by atomic mass is 10.1. The number of halogens is 2. The number of fused-ring (bicyclic) bond motifs is 3. The zero-order valence-electron chi connectivity index (χ0n) is 14.8. The molecule has 1 aromatic heterocycles. The van der Waals surface area contributed by atoms with Crippen LogP contribution in [0.1, 0.15) is 51.5 Å². The fourth-order valence-electron chi connectivity index (χ4n) is 3.15. The Morgan fingerprint density at radius 2 is 1.56 bits per heavy atom. The molecule has 0 N–H and O–H groups in total. The summed E-state index contributed by atoms with van der Waals surface area (Å²) in [6.07, 6.45) is 5.72. The zero-order chi connectivity index (χ0) is 17.8. The quantitative estimate of drug-likeness (QED) is 0.420. The van der Waals surface area contributed by atoms with E-state index in [1.807, 2.05) is 6.92 Å². The molecule has 0 aliphatic heterocycles. The van der Waals surface area contributed by atoms with Crippen LogP contribution in [0.2, 0.25) is 0 Å². The molecule has 3 rings (SSSR count). The number of aryl methyl sites for hydroxylation is 1. The molecular weight excluding hydrogens is 322 g/mol. The van der Waals surface area contributed by atoms with E-state index < -0.39 is 11.6 Å². The molecule has 0 saturated carbocycles. The van der Waals surface area contributed by atoms with Crippen molar-refractivity contribution in [3.05, 3.63) is 41.5 Å². The number of ether oxygens (including phenoxy) is 1. The van der Waals surface area contributed by atoms with Crippen LogP contribution >= 0.6 is 0 Å². The lowest BCUT2D eigenvalue weighted by Crippen LogP contribution is -1.99. The van der Waals surface area contributed by atoms with Crippen molar-refractivity contribution in [3.63, 3.8) is 0 Å². The summed E-state index contributed by atoms with van der Waals surface area (Å²) in [6, 6.07) is 6.90. The molecule has 25 heavy (non-hydrogen) atoms. The van der Waals surface area contributed by atoms with Gasteiger partial charge in [-0.2, -0.15) is 4.39 Å². The van der Waals surface area contributed by atoms with E-state index in [1.54, 1.807) is 24.3 Å². The normalized spacial score (nSPS) is 11.5. The minimum atomic E-state index is -0.555. The number of hydrogen-bond donors (Lipinski definition) is 0. The van der Waals surface area contributed by atoms with Crippen molar-refractivity contribution in [2.24, 2.45) is 0 Å². The van der Waals surface area contributed by atoms with Crippen LogP contribution < -0.4 is 4.74 Å². The van der Waals surface area contributed by atoms with Crippen molar-refractivity contribution in [3.8, 4) is 5.75 Å². The lowest BCUT2D eigenvalue weighted by Gasteiger charge is -2.07. The van der Waals surface area contributed by atoms with Crippen LogP contribution in [0.25, 0.3) is 21.9 Å². The van der Waals surface area contributed by atoms with Crippen LogP contribution in [0.15, 0.2) is 28.7 Å². The Bertz CT molecular complexity index is 867. The highest BCUT2D eigenvalue weighted by Gasteiger charge is 2.19. The van der Waals surface area contributed by atoms with E-state index >= 15 is 0 Å². The standard InChI is InChI=1S/C21H24F2O2/c1-3-5-6-7-13-24-17-12-11-16-15-10-9-14(8-4-2)18(22)20(15)25-21(16)19(17)23/h9-12H,3-8,13H2,1-2H3. The molecule has 0 radical (unpaired) electrons. The van der Waals surface area contributed by atoms with Gasteiger partial charge in [0, 0.05) is 10.8 Å². The molecular formula is C21H24F2O2. The number of hydrogen-bond acceptors (Lipinski definition) is 2. The third-order valence-corrected chi connectivity index (χ3v) is 4.51. The summed E-state index contributed by atoms with van der Waals surface area (Å²) in [5.74, 6) is -0.783. The molecule has 0 atom stereocenters. The molecule has 4 heteroatoms. The molecule has 0 amide bonds. The van der Waals surface area contributed by atoms with Gasteiger partial charge in [0.1, 0.15) is 0 Å². The van der Waals surface area contributed by atoms with E-state index in [0.29, 0.717) is 29.4 Å². The fourth-order valence-corrected chi connectivity index (χ4v) is 3.15. The molecule has 0 saturated heterocycles. The molecule has 0 fully saturated rings. The highest BCUT2D eigenvalue weighted by atomic mass is 19.1. The largest absolute Gasteiger partial charge is 0.490 e. The lowest BCUT2D eigenvalue weighted by molar-refractivity contribution is 0.290. The first-order chi connectivity index (χ1) is 12.2. The minimum absolute atomic E-state index is 0.0635. The van der Waals surface area contributed by atoms with E-state index in [4.69, 9.17) is 9.15 Å². The molecule has 0 aliphatic carbocycles. The Kier molecular flexibility index (Phi) is 5.57. The molecule has 0 bridgehead atoms. The molecule has 3 aromatic rings. The Balaban J connectivity index is 1.92. The van der Waals surface area contributed by atoms with Crippen LogP contribution in [-0.2, 0) is 6.42 Å². The Labute approximate surface area is 146 Å². The number of rotatable bonds is 8. The van der Waals surface area contributed by atoms with Crippen molar-refractivity contribution < 1.29 is 17.9 Å². The Morgan fingerprint density at radius 1 is 0.840 bits per heavy atom. The van der Waals surface area contributed by atoms with Gasteiger partial charge < -0.3 is 9.15 Å². The van der Waals surface area contributed by atoms with Crippen LogP contribution in [0.5, 0.6) is 5.75 Å². The average molecular weight is 346 g/mol. The van der Waals surface area contributed by atoms with Crippen LogP contribution in [-0.4, -0.2) is 6.61 Å². The maximum Gasteiger partial charge on any atom is 0.208 e. The van der Waals surface area contributed by atoms with Gasteiger partial charge in [-0.05, 0) is 36.6 Å². The van der Waals surface area contributed by atoms with E-state index in [9.17, 15) is 8.78 Å². The molecule has 1 heterocycles. The predicted molar refractivity (Wildman–Crippen MR) is 97.3 cm³/mol. The van der Waals surface area contributed by atoms with Gasteiger partial charge in [0.15, 0.2) is 22.7 Å². The zero-order valence-corrected chi connectivity index (χ0v) is 14.8. The molecule has 2 nitrogen and oxygen atoms in total. The summed E-state index contributed by atoms with van der Waals surface area (Å²) in [6.45, 7) is 4.60. The average Bonchev–Trinajstić information content (AvgIpc) is 2.99. The summed E-state index contributed by atoms with van der Waals surface area (Å²) >= 11 is 0. The topological polar surface area (TPSA) is 22.4 Å². The van der Waals surface area contributed by atoms with Crippen LogP contribution in [0.3, 0.4) is 0 Å². The number of benzene rings is 2. The predicted octanol–water partition coefficient (Wildman–Crippen LogP) is 6.78. The maximum absolute atomic E-state index is 14.7. The second-order valence-corrected chi connectivity index (χ2v) is 6.43. The van der Waals surface area contributed by atoms with Crippen molar-refractivity contribution in [2.45, 2.75) is 52.4 Å². The van der Waals surface area contributed by atoms with Gasteiger partial charge in [-0.25, -0.2) is 4.39 Å². The van der Waals surface area contributed by atoms with Gasteiger partial charge in [0.25, 0.3) is 0 Å². The number of furan rings is 1. The SMILES string of the molecule is CCCCCCOc1ccc2c(oc3c(F)c(CCC)ccc32)c1F. The van der Waals surface area contributed by atoms with Crippen molar-refractivity contribution in [1.82, 2.24) is 0 Å². The van der Waals surface area contributed by atoms with Gasteiger partial charge in [-0.15, -0.1) is 0 Å². The highest BCUT2D eigenvalue weighted by molar-refractivity contribution is 6.05. The van der Waals surface area contributed by atoms with Crippen molar-refractivity contribution >= 4 is 21.9 Å². The van der Waals surface area contributed by atoms with E-state index in [1.165, 1.54) is 0 Å². The first kappa shape index (κ1) is 17.7. The van der Waals surface area contributed by atoms with Crippen LogP contribution in [0.4, 0.5) is 8.78 Å². The van der Waals surface area contributed by atoms with Crippen LogP contribution in [0, 0.1) is 11.6 Å². The molecule has 134 valence electrons. The fraction of sp³-hybridized carbons (Fsp3) is 0.429. The Morgan fingerprint density at radius 3 is 2.28 bits per heavy atom. The summed E-state index contributed by atoms with van der Waals surface area (Å²) in [5.41, 5.74) is 0.787. The molecule has 0 aliphatic rings. The molecule has 0 spiro atoms. The summed E-state index contributed by atoms with van der Waals surface area (Å²) < 4.78 is 40.4. The van der Waals surface area contributed by atoms with Crippen molar-refractivity contribution in [2.75, 3.05) is 6.61 Å². The maximum atomic E-state index is 14.7. The Hall–Kier alpha value is -2.10. The van der Waals surface area contributed by atoms with Gasteiger partial charge in [0.2, 0.25) is 5.82 Å². The summed E-state index contributed by atoms with van der Waals surface area (Å²) in [5, 5.41) is 1.17. The third-order valence-electron chi connectivity index (χ3n) is 4.51. The first-order valence-corrected chi connectivity index (χ1v) is 9.12. The molecule has 2 aromatic carbocycles. The van der Waals surface area contributed by atoms with E-state index in [0.717, 1.165) is 32.1 Å². The number of unbranched alkanes of at least 4 members (excludes halogenated alkanes) is 3. The smallest absolute Gasteiger partial charge is 0.208 e. The monoisotopic (exact) mass is 346 g/mol. The second-order valence-electron chi connectivity index (χ2n) is 6.43. The van der Waals surface area contributed by atoms with E-state index in [2.05, 4.69) is 6.92 Å². The second kappa shape index (κ2) is 7.85. The van der Waals surface area contributed by atoms with Crippen molar-refractivity contribution in [1.29, 1.82) is 0 Å². The third kappa shape index (κ3) is 3.48. The van der Waals surface area contributed by atoms with E-state index in [-0.39, 0.29) is 16.9 Å². The van der Waals surface area contributed by atoms with Gasteiger partial charge in [-0.1, -0.05) is 45.6 Å². The van der Waals surface area contributed by atoms with Gasteiger partial charge in [-0.3, -0.25) is 0 Å². The summed E-state index contributed by atoms with van der Waals surface area (Å²) in [4.78, 5) is 0. The first-order valence-electron chi connectivity index (χ1n) is 9.12. The summed E-state index contributed by atoms with van der Waals surface area (Å²) in [7, 11) is 0. The molecule has 0 unspecified atom stereocenters. The van der Waals surface area contributed by atoms with Gasteiger partial charge >= 0.3 is 0 Å². The van der Waals surface area contributed by atoms with Gasteiger partial charge in [0.05, 0.1) is 6.61 Å². The highest BCUT2D eigenvalue weighted by Crippen LogP contribution is 2.36. The minimum Gasteiger partial charge on any atom is -0.490 e.